The molecule has 0 atom stereocenters. The van der Waals surface area contributed by atoms with Gasteiger partial charge in [0, 0.05) is 12.1 Å². The number of hydrogen-bond donors (Lipinski definition) is 0. The molecular formula is C8H9N3O4. The third kappa shape index (κ3) is 3.22. The van der Waals surface area contributed by atoms with Gasteiger partial charge in [-0.25, -0.2) is 4.57 Å². The smallest absolute Gasteiger partial charge is 0.499 e. The Bertz CT molecular complexity index is 373. The third-order valence-electron chi connectivity index (χ3n) is 1.79. The predicted molar refractivity (Wildman–Crippen MR) is 50.2 cm³/mol. The highest BCUT2D eigenvalue weighted by atomic mass is 16.8. The van der Waals surface area contributed by atoms with E-state index in [-0.39, 0.29) is 13.0 Å². The summed E-state index contributed by atoms with van der Waals surface area (Å²) in [6.07, 6.45) is 3.18. The Morgan fingerprint density at radius 3 is 2.20 bits per heavy atom. The zero-order chi connectivity index (χ0) is 11.3. The van der Waals surface area contributed by atoms with Crippen LogP contribution in [0.4, 0.5) is 0 Å². The lowest BCUT2D eigenvalue weighted by Crippen LogP contribution is -2.35. The van der Waals surface area contributed by atoms with Crippen LogP contribution in [0.3, 0.4) is 0 Å². The highest BCUT2D eigenvalue weighted by Crippen LogP contribution is 1.89. The molecule has 1 aromatic heterocycles. The summed E-state index contributed by atoms with van der Waals surface area (Å²) in [5.41, 5.74) is 0. The van der Waals surface area contributed by atoms with E-state index < -0.39 is 15.7 Å². The van der Waals surface area contributed by atoms with Crippen molar-refractivity contribution in [3.05, 3.63) is 51.1 Å². The highest BCUT2D eigenvalue weighted by molar-refractivity contribution is 5.68. The topological polar surface area (TPSA) is 96.2 Å². The van der Waals surface area contributed by atoms with Gasteiger partial charge in [-0.15, -0.1) is 4.90 Å². The Kier molecular flexibility index (Phi) is 3.55. The minimum absolute atomic E-state index is 0.200. The van der Waals surface area contributed by atoms with Gasteiger partial charge < -0.3 is 10.4 Å². The van der Waals surface area contributed by atoms with E-state index in [9.17, 15) is 20.5 Å². The number of nitrogens with zero attached hydrogens (tertiary/aromatic N) is 3. The molecule has 0 fully saturated rings. The summed E-state index contributed by atoms with van der Waals surface area (Å²) in [5.74, 6) is -0.883. The lowest BCUT2D eigenvalue weighted by molar-refractivity contribution is -0.697. The third-order valence-corrected chi connectivity index (χ3v) is 1.79. The number of hydrogen-bond acceptors (Lipinski definition) is 4. The van der Waals surface area contributed by atoms with Crippen molar-refractivity contribution in [2.24, 2.45) is 0 Å². The average molecular weight is 211 g/mol. The molecule has 15 heavy (non-hydrogen) atoms. The lowest BCUT2D eigenvalue weighted by atomic mass is 10.4. The lowest BCUT2D eigenvalue weighted by Gasteiger charge is -2.02. The fourth-order valence-electron chi connectivity index (χ4n) is 1.06. The molecule has 0 saturated carbocycles. The number of rotatable bonds is 3. The maximum atomic E-state index is 10.3. The average Bonchev–Trinajstić information content (AvgIpc) is 2.18. The monoisotopic (exact) mass is 211 g/mol. The minimum atomic E-state index is -0.955. The maximum absolute atomic E-state index is 10.3. The summed E-state index contributed by atoms with van der Waals surface area (Å²) >= 11 is 0. The van der Waals surface area contributed by atoms with E-state index in [0.29, 0.717) is 0 Å². The SMILES string of the molecule is O=[N+]([O-])C(CC[n+]1ccccc1)=[N+]([O-])[O-]. The number of aryl methyl sites for hydroxylation is 1. The largest absolute Gasteiger partial charge is 0.608 e. The molecule has 0 aliphatic heterocycles. The van der Waals surface area contributed by atoms with Gasteiger partial charge in [-0.3, -0.25) is 10.1 Å². The first-order chi connectivity index (χ1) is 7.11. The molecule has 0 aliphatic rings. The van der Waals surface area contributed by atoms with Crippen molar-refractivity contribution in [1.29, 1.82) is 0 Å². The predicted octanol–water partition coefficient (Wildman–Crippen LogP) is 0.0475. The first-order valence-corrected chi connectivity index (χ1v) is 4.20. The molecule has 80 valence electrons. The van der Waals surface area contributed by atoms with Gasteiger partial charge >= 0.3 is 5.84 Å². The summed E-state index contributed by atoms with van der Waals surface area (Å²) in [6.45, 7) is 0.220. The Hall–Kier alpha value is -2.18. The van der Waals surface area contributed by atoms with Crippen LogP contribution in [0, 0.1) is 20.5 Å². The summed E-state index contributed by atoms with van der Waals surface area (Å²) in [6, 6.07) is 5.29. The van der Waals surface area contributed by atoms with E-state index in [4.69, 9.17) is 0 Å². The molecule has 0 radical (unpaired) electrons. The normalized spacial score (nSPS) is 9.60. The van der Waals surface area contributed by atoms with Crippen molar-refractivity contribution in [3.63, 3.8) is 0 Å². The van der Waals surface area contributed by atoms with Crippen LogP contribution in [-0.4, -0.2) is 15.7 Å². The molecule has 1 aromatic rings. The van der Waals surface area contributed by atoms with Crippen molar-refractivity contribution in [2.75, 3.05) is 0 Å². The first-order valence-electron chi connectivity index (χ1n) is 4.20. The summed E-state index contributed by atoms with van der Waals surface area (Å²) in [5, 5.41) is 30.8. The van der Waals surface area contributed by atoms with Crippen LogP contribution in [0.15, 0.2) is 30.6 Å². The van der Waals surface area contributed by atoms with Gasteiger partial charge in [-0.05, 0) is 0 Å². The molecule has 0 N–H and O–H groups in total. The van der Waals surface area contributed by atoms with Gasteiger partial charge in [0.05, 0.1) is 0 Å². The number of nitro groups is 1. The van der Waals surface area contributed by atoms with Crippen LogP contribution in [0.1, 0.15) is 6.42 Å². The van der Waals surface area contributed by atoms with Crippen LogP contribution >= 0.6 is 0 Å². The Morgan fingerprint density at radius 1 is 1.13 bits per heavy atom. The van der Waals surface area contributed by atoms with Gasteiger partial charge in [-0.2, -0.15) is 0 Å². The molecule has 0 bridgehead atoms. The molecule has 7 nitrogen and oxygen atoms in total. The first kappa shape index (κ1) is 10.9. The molecule has 0 aliphatic carbocycles. The van der Waals surface area contributed by atoms with Crippen LogP contribution in [0.25, 0.3) is 0 Å². The number of amidine groups is 1. The molecule has 0 unspecified atom stereocenters. The van der Waals surface area contributed by atoms with E-state index >= 15 is 0 Å². The Morgan fingerprint density at radius 2 is 1.73 bits per heavy atom. The van der Waals surface area contributed by atoms with E-state index in [1.807, 2.05) is 0 Å². The van der Waals surface area contributed by atoms with Crippen LogP contribution in [0.5, 0.6) is 0 Å². The molecular weight excluding hydrogens is 202 g/mol. The maximum Gasteiger partial charge on any atom is 0.499 e. The Balaban J connectivity index is 2.64. The molecule has 1 rings (SSSR count). The Labute approximate surface area is 85.2 Å². The standard InChI is InChI=1S/C8H9N3O4/c12-10(13)8(11(14)15)4-7-9-5-2-1-3-6-9/h1-3,5-6H,4,7H2. The second-order valence-corrected chi connectivity index (χ2v) is 2.79. The molecule has 7 heteroatoms. The number of aromatic nitrogens is 1. The molecule has 0 saturated heterocycles. The van der Waals surface area contributed by atoms with Crippen LogP contribution in [-0.2, 0) is 6.54 Å². The number of pyridine rings is 1. The highest BCUT2D eigenvalue weighted by Gasteiger charge is 2.22. The van der Waals surface area contributed by atoms with Gasteiger partial charge in [0.2, 0.25) is 0 Å². The summed E-state index contributed by atoms with van der Waals surface area (Å²) in [4.78, 5) is 8.37. The van der Waals surface area contributed by atoms with Gasteiger partial charge in [0.15, 0.2) is 25.4 Å². The fourth-order valence-corrected chi connectivity index (χ4v) is 1.06. The summed E-state index contributed by atoms with van der Waals surface area (Å²) in [7, 11) is 0. The summed E-state index contributed by atoms with van der Waals surface area (Å²) < 4.78 is 1.65. The molecule has 0 amide bonds. The van der Waals surface area contributed by atoms with E-state index in [1.165, 1.54) is 0 Å². The molecule has 0 aromatic carbocycles. The zero-order valence-corrected chi connectivity index (χ0v) is 7.78. The van der Waals surface area contributed by atoms with Crippen molar-refractivity contribution in [1.82, 2.24) is 0 Å². The van der Waals surface area contributed by atoms with Crippen LogP contribution in [0.2, 0.25) is 0 Å². The molecule has 1 heterocycles. The second kappa shape index (κ2) is 4.89. The van der Waals surface area contributed by atoms with E-state index in [1.54, 1.807) is 35.2 Å². The van der Waals surface area contributed by atoms with E-state index in [0.717, 1.165) is 0 Å². The second-order valence-electron chi connectivity index (χ2n) is 2.79. The minimum Gasteiger partial charge on any atom is -0.608 e. The van der Waals surface area contributed by atoms with E-state index in [2.05, 4.69) is 0 Å². The zero-order valence-electron chi connectivity index (χ0n) is 7.78. The van der Waals surface area contributed by atoms with Gasteiger partial charge in [-0.1, -0.05) is 6.07 Å². The van der Waals surface area contributed by atoms with Crippen molar-refractivity contribution >= 4 is 5.84 Å². The van der Waals surface area contributed by atoms with Gasteiger partial charge in [0.1, 0.15) is 4.92 Å². The van der Waals surface area contributed by atoms with Crippen molar-refractivity contribution in [3.8, 4) is 0 Å². The fraction of sp³-hybridized carbons (Fsp3) is 0.250. The molecule has 0 spiro atoms. The van der Waals surface area contributed by atoms with Crippen molar-refractivity contribution < 1.29 is 14.4 Å². The quantitative estimate of drug-likeness (QED) is 0.176. The van der Waals surface area contributed by atoms with Gasteiger partial charge in [0.25, 0.3) is 0 Å². The van der Waals surface area contributed by atoms with Crippen LogP contribution < -0.4 is 4.57 Å². The van der Waals surface area contributed by atoms with Crippen molar-refractivity contribution in [2.45, 2.75) is 13.0 Å².